The molecule has 126 valence electrons. The number of hydrogen-bond donors (Lipinski definition) is 1. The zero-order chi connectivity index (χ0) is 16.9. The maximum Gasteiger partial charge on any atom is 0.160 e. The van der Waals surface area contributed by atoms with Crippen molar-refractivity contribution in [1.29, 1.82) is 0 Å². The predicted molar refractivity (Wildman–Crippen MR) is 92.2 cm³/mol. The molecule has 0 radical (unpaired) electrons. The van der Waals surface area contributed by atoms with Gasteiger partial charge in [-0.25, -0.2) is 0 Å². The first-order chi connectivity index (χ1) is 11.7. The van der Waals surface area contributed by atoms with Crippen LogP contribution < -0.4 is 19.7 Å². The molecule has 0 spiro atoms. The molecule has 0 fully saturated rings. The molecule has 3 rings (SSSR count). The van der Waals surface area contributed by atoms with Crippen LogP contribution in [0.1, 0.15) is 11.1 Å². The van der Waals surface area contributed by atoms with Gasteiger partial charge in [-0.15, -0.1) is 0 Å². The second kappa shape index (κ2) is 7.27. The number of methoxy groups -OCH3 is 3. The van der Waals surface area contributed by atoms with E-state index in [0.717, 1.165) is 40.5 Å². The molecule has 1 unspecified atom stereocenters. The van der Waals surface area contributed by atoms with Crippen LogP contribution >= 0.6 is 0 Å². The van der Waals surface area contributed by atoms with E-state index in [0.29, 0.717) is 0 Å². The molecular weight excluding hydrogens is 306 g/mol. The van der Waals surface area contributed by atoms with Crippen LogP contribution in [0.25, 0.3) is 5.70 Å². The van der Waals surface area contributed by atoms with Crippen molar-refractivity contribution in [3.8, 4) is 17.2 Å². The first-order valence-electron chi connectivity index (χ1n) is 7.73. The van der Waals surface area contributed by atoms with E-state index in [9.17, 15) is 0 Å². The summed E-state index contributed by atoms with van der Waals surface area (Å²) in [4.78, 5) is 5.68. The Morgan fingerprint density at radius 1 is 0.917 bits per heavy atom. The Kier molecular flexibility index (Phi) is 4.91. The van der Waals surface area contributed by atoms with Gasteiger partial charge in [0.15, 0.2) is 11.5 Å². The Morgan fingerprint density at radius 3 is 2.42 bits per heavy atom. The van der Waals surface area contributed by atoms with Gasteiger partial charge in [0, 0.05) is 12.0 Å². The van der Waals surface area contributed by atoms with Crippen molar-refractivity contribution in [2.24, 2.45) is 0 Å². The molecule has 1 heterocycles. The Morgan fingerprint density at radius 2 is 1.67 bits per heavy atom. The molecule has 1 N–H and O–H groups in total. The SMILES string of the molecule is COc1ccc(CC2C=C(c3ccccc3OC)NO2)cc1OC. The highest BCUT2D eigenvalue weighted by Gasteiger charge is 2.20. The van der Waals surface area contributed by atoms with Crippen LogP contribution in [0.3, 0.4) is 0 Å². The monoisotopic (exact) mass is 327 g/mol. The van der Waals surface area contributed by atoms with Gasteiger partial charge in [0.1, 0.15) is 11.9 Å². The van der Waals surface area contributed by atoms with Crippen molar-refractivity contribution in [1.82, 2.24) is 5.48 Å². The number of ether oxygens (including phenoxy) is 3. The van der Waals surface area contributed by atoms with Crippen molar-refractivity contribution in [2.45, 2.75) is 12.5 Å². The Hall–Kier alpha value is -2.66. The number of rotatable bonds is 6. The normalized spacial score (nSPS) is 16.3. The van der Waals surface area contributed by atoms with Gasteiger partial charge in [-0.05, 0) is 35.9 Å². The van der Waals surface area contributed by atoms with Gasteiger partial charge in [-0.3, -0.25) is 10.3 Å². The summed E-state index contributed by atoms with van der Waals surface area (Å²) in [5.74, 6) is 2.25. The number of hydrogen-bond acceptors (Lipinski definition) is 5. The van der Waals surface area contributed by atoms with Crippen LogP contribution in [-0.4, -0.2) is 27.4 Å². The third-order valence-corrected chi connectivity index (χ3v) is 3.95. The van der Waals surface area contributed by atoms with E-state index in [4.69, 9.17) is 19.0 Å². The molecule has 2 aromatic rings. The maximum atomic E-state index is 5.68. The van der Waals surface area contributed by atoms with Crippen molar-refractivity contribution in [3.05, 3.63) is 59.7 Å². The lowest BCUT2D eigenvalue weighted by Gasteiger charge is -2.11. The summed E-state index contributed by atoms with van der Waals surface area (Å²) >= 11 is 0. The molecule has 1 aliphatic heterocycles. The van der Waals surface area contributed by atoms with E-state index in [2.05, 4.69) is 11.6 Å². The second-order valence-electron chi connectivity index (χ2n) is 5.43. The van der Waals surface area contributed by atoms with Gasteiger partial charge in [-0.1, -0.05) is 18.2 Å². The molecule has 1 atom stereocenters. The van der Waals surface area contributed by atoms with Gasteiger partial charge >= 0.3 is 0 Å². The van der Waals surface area contributed by atoms with Crippen LogP contribution in [0, 0.1) is 0 Å². The highest BCUT2D eigenvalue weighted by molar-refractivity contribution is 5.70. The third kappa shape index (κ3) is 3.31. The molecule has 24 heavy (non-hydrogen) atoms. The smallest absolute Gasteiger partial charge is 0.160 e. The average molecular weight is 327 g/mol. The summed E-state index contributed by atoms with van der Waals surface area (Å²) in [6.45, 7) is 0. The van der Waals surface area contributed by atoms with E-state index in [1.807, 2.05) is 42.5 Å². The quantitative estimate of drug-likeness (QED) is 0.883. The zero-order valence-corrected chi connectivity index (χ0v) is 14.0. The van der Waals surface area contributed by atoms with Crippen molar-refractivity contribution < 1.29 is 19.0 Å². The largest absolute Gasteiger partial charge is 0.496 e. The van der Waals surface area contributed by atoms with Crippen molar-refractivity contribution in [3.63, 3.8) is 0 Å². The fraction of sp³-hybridized carbons (Fsp3) is 0.263. The molecule has 1 aliphatic rings. The summed E-state index contributed by atoms with van der Waals surface area (Å²) < 4.78 is 16.0. The van der Waals surface area contributed by atoms with E-state index < -0.39 is 0 Å². The zero-order valence-electron chi connectivity index (χ0n) is 14.0. The minimum atomic E-state index is -0.0667. The fourth-order valence-corrected chi connectivity index (χ4v) is 2.75. The highest BCUT2D eigenvalue weighted by atomic mass is 16.7. The molecule has 0 aliphatic carbocycles. The van der Waals surface area contributed by atoms with Crippen LogP contribution in [0.5, 0.6) is 17.2 Å². The van der Waals surface area contributed by atoms with Gasteiger partial charge in [-0.2, -0.15) is 0 Å². The summed E-state index contributed by atoms with van der Waals surface area (Å²) in [5.41, 5.74) is 6.00. The fourth-order valence-electron chi connectivity index (χ4n) is 2.75. The first-order valence-corrected chi connectivity index (χ1v) is 7.73. The Balaban J connectivity index is 1.77. The minimum absolute atomic E-state index is 0.0667. The third-order valence-electron chi connectivity index (χ3n) is 3.95. The lowest BCUT2D eigenvalue weighted by Crippen LogP contribution is -2.14. The first kappa shape index (κ1) is 16.2. The van der Waals surface area contributed by atoms with E-state index >= 15 is 0 Å². The van der Waals surface area contributed by atoms with Gasteiger partial charge in [0.2, 0.25) is 0 Å². The number of para-hydroxylation sites is 1. The molecule has 2 aromatic carbocycles. The van der Waals surface area contributed by atoms with Gasteiger partial charge in [0.05, 0.1) is 27.0 Å². The highest BCUT2D eigenvalue weighted by Crippen LogP contribution is 2.30. The Labute approximate surface area is 141 Å². The summed E-state index contributed by atoms with van der Waals surface area (Å²) in [6.07, 6.45) is 2.73. The van der Waals surface area contributed by atoms with Crippen LogP contribution in [0.2, 0.25) is 0 Å². The average Bonchev–Trinajstić information content (AvgIpc) is 3.09. The topological polar surface area (TPSA) is 49.0 Å². The number of nitrogens with one attached hydrogen (secondary N) is 1. The molecule has 5 nitrogen and oxygen atoms in total. The minimum Gasteiger partial charge on any atom is -0.496 e. The maximum absolute atomic E-state index is 5.68. The van der Waals surface area contributed by atoms with Crippen molar-refractivity contribution >= 4 is 5.70 Å². The predicted octanol–water partition coefficient (Wildman–Crippen LogP) is 3.20. The number of benzene rings is 2. The van der Waals surface area contributed by atoms with Crippen molar-refractivity contribution in [2.75, 3.05) is 21.3 Å². The molecular formula is C19H21NO4. The van der Waals surface area contributed by atoms with E-state index in [-0.39, 0.29) is 6.10 Å². The number of hydroxylamine groups is 1. The lowest BCUT2D eigenvalue weighted by atomic mass is 10.0. The van der Waals surface area contributed by atoms with Crippen LogP contribution in [0.4, 0.5) is 0 Å². The van der Waals surface area contributed by atoms with Gasteiger partial charge in [0.25, 0.3) is 0 Å². The molecule has 0 amide bonds. The standard InChI is InChI=1S/C19H21NO4/c1-21-17-7-5-4-6-15(17)16-12-14(24-20-16)10-13-8-9-18(22-2)19(11-13)23-3/h4-9,11-12,14,20H,10H2,1-3H3. The van der Waals surface area contributed by atoms with Gasteiger partial charge < -0.3 is 14.2 Å². The second-order valence-corrected chi connectivity index (χ2v) is 5.43. The summed E-state index contributed by atoms with van der Waals surface area (Å²) in [6, 6.07) is 13.7. The summed E-state index contributed by atoms with van der Waals surface area (Å²) in [5, 5.41) is 0. The lowest BCUT2D eigenvalue weighted by molar-refractivity contribution is 0.0518. The van der Waals surface area contributed by atoms with E-state index in [1.54, 1.807) is 21.3 Å². The molecule has 0 saturated carbocycles. The molecule has 0 bridgehead atoms. The molecule has 5 heteroatoms. The van der Waals surface area contributed by atoms with E-state index in [1.165, 1.54) is 0 Å². The van der Waals surface area contributed by atoms with Crippen LogP contribution in [-0.2, 0) is 11.3 Å². The Bertz CT molecular complexity index is 742. The summed E-state index contributed by atoms with van der Waals surface area (Å²) in [7, 11) is 4.93. The van der Waals surface area contributed by atoms with Crippen LogP contribution in [0.15, 0.2) is 48.5 Å². The molecule has 0 aromatic heterocycles. The molecule has 0 saturated heterocycles.